The predicted molar refractivity (Wildman–Crippen MR) is 345 cm³/mol. The number of H-pyrrole nitrogens is 3. The molecule has 0 saturated carbocycles. The van der Waals surface area contributed by atoms with Crippen LogP contribution in [0.2, 0.25) is 0 Å². The molecule has 0 radical (unpaired) electrons. The van der Waals surface area contributed by atoms with E-state index in [4.69, 9.17) is 4.42 Å². The summed E-state index contributed by atoms with van der Waals surface area (Å²) in [5.74, 6) is 1.81. The highest BCUT2D eigenvalue weighted by Crippen LogP contribution is 2.34. The van der Waals surface area contributed by atoms with Crippen LogP contribution in [-0.2, 0) is 13.6 Å². The zero-order valence-electron chi connectivity index (χ0n) is 50.8. The fraction of sp³-hybridized carbons (Fsp3) is 0.242. The summed E-state index contributed by atoms with van der Waals surface area (Å²) in [7, 11) is 1.74. The van der Waals surface area contributed by atoms with Gasteiger partial charge in [0.05, 0.1) is 33.5 Å². The number of hydrogen-bond acceptors (Lipinski definition) is 15. The summed E-state index contributed by atoms with van der Waals surface area (Å²) >= 11 is 0. The molecular weight excluding hydrogens is 1150 g/mol. The van der Waals surface area contributed by atoms with Gasteiger partial charge in [-0.15, -0.1) is 10.2 Å². The Balaban J connectivity index is 0.000000150. The van der Waals surface area contributed by atoms with Crippen LogP contribution < -0.4 is 43.0 Å². The molecule has 462 valence electrons. The van der Waals surface area contributed by atoms with E-state index in [0.29, 0.717) is 77.9 Å². The zero-order valence-corrected chi connectivity index (χ0v) is 50.8. The molecule has 12 rings (SSSR count). The molecule has 0 aliphatic heterocycles. The number of nitrogens with one attached hydrogen (secondary N) is 9. The van der Waals surface area contributed by atoms with E-state index in [9.17, 15) is 24.0 Å². The second-order valence-electron chi connectivity index (χ2n) is 20.4. The highest BCUT2D eigenvalue weighted by molar-refractivity contribution is 5.98. The third-order valence-electron chi connectivity index (χ3n) is 14.4. The van der Waals surface area contributed by atoms with Crippen LogP contribution in [-0.4, -0.2) is 136 Å². The predicted octanol–water partition coefficient (Wildman–Crippen LogP) is 8.75. The number of likely N-dealkylation sites (N-methyl/N-ethyl adjacent to an activating group) is 1. The number of aryl methyl sites for hydroxylation is 2. The fourth-order valence-corrected chi connectivity index (χ4v) is 9.80. The molecule has 6 amide bonds. The van der Waals surface area contributed by atoms with Gasteiger partial charge in [-0.3, -0.25) is 30.5 Å². The number of nitrogens with zero attached hydrogens (tertiary/aromatic N) is 13. The third-order valence-corrected chi connectivity index (χ3v) is 14.4. The summed E-state index contributed by atoms with van der Waals surface area (Å²) in [5, 5.41) is 32.8. The lowest BCUT2D eigenvalue weighted by Crippen LogP contribution is -2.30. The number of fused-ring (bicyclic) bond motifs is 3. The van der Waals surface area contributed by atoms with Crippen LogP contribution in [0, 0.1) is 13.8 Å². The highest BCUT2D eigenvalue weighted by atomic mass is 16.4. The van der Waals surface area contributed by atoms with Crippen LogP contribution in [0.5, 0.6) is 0 Å². The Kier molecular flexibility index (Phi) is 19.1. The zero-order chi connectivity index (χ0) is 63.4. The van der Waals surface area contributed by atoms with Gasteiger partial charge in [-0.05, 0) is 135 Å². The number of urea groups is 3. The van der Waals surface area contributed by atoms with Gasteiger partial charge in [0.15, 0.2) is 0 Å². The molecule has 12 aromatic rings. The van der Waals surface area contributed by atoms with Gasteiger partial charge < -0.3 is 49.4 Å². The molecule has 0 aliphatic rings. The Morgan fingerprint density at radius 3 is 1.53 bits per heavy atom. The van der Waals surface area contributed by atoms with Crippen molar-refractivity contribution in [1.82, 2.24) is 94.6 Å². The minimum absolute atomic E-state index is 0.0476. The van der Waals surface area contributed by atoms with Crippen molar-refractivity contribution in [3.63, 3.8) is 0 Å². The number of pyridine rings is 3. The van der Waals surface area contributed by atoms with E-state index < -0.39 is 0 Å². The van der Waals surface area contributed by atoms with E-state index in [0.717, 1.165) is 86.6 Å². The number of aromatic amines is 3. The lowest BCUT2D eigenvalue weighted by atomic mass is 10.0. The first kappa shape index (κ1) is 61.5. The second-order valence-corrected chi connectivity index (χ2v) is 20.4. The van der Waals surface area contributed by atoms with Crippen molar-refractivity contribution >= 4 is 69.0 Å². The number of benzene rings is 3. The number of hydrogen-bond donors (Lipinski definition) is 9. The van der Waals surface area contributed by atoms with Gasteiger partial charge in [-0.2, -0.15) is 10.2 Å². The number of amides is 6. The Morgan fingerprint density at radius 2 is 1.07 bits per heavy atom. The molecule has 28 heteroatoms. The van der Waals surface area contributed by atoms with Gasteiger partial charge in [0.25, 0.3) is 11.1 Å². The van der Waals surface area contributed by atoms with Crippen LogP contribution in [0.15, 0.2) is 142 Å². The van der Waals surface area contributed by atoms with E-state index in [-0.39, 0.29) is 29.2 Å². The second kappa shape index (κ2) is 27.9. The van der Waals surface area contributed by atoms with E-state index in [1.165, 1.54) is 0 Å². The smallest absolute Gasteiger partial charge is 0.321 e. The van der Waals surface area contributed by atoms with E-state index >= 15 is 0 Å². The van der Waals surface area contributed by atoms with Crippen LogP contribution in [0.25, 0.3) is 89.3 Å². The van der Waals surface area contributed by atoms with Crippen molar-refractivity contribution in [1.29, 1.82) is 0 Å². The number of anilines is 3. The molecule has 0 bridgehead atoms. The molecule has 0 unspecified atom stereocenters. The topological polar surface area (TPSA) is 344 Å². The first-order chi connectivity index (χ1) is 43.6. The molecule has 0 spiro atoms. The maximum absolute atomic E-state index is 12.8. The molecule has 0 saturated heterocycles. The van der Waals surface area contributed by atoms with Gasteiger partial charge in [-0.25, -0.2) is 38.7 Å². The molecule has 9 aromatic heterocycles. The van der Waals surface area contributed by atoms with Crippen molar-refractivity contribution in [3.8, 4) is 56.2 Å². The number of carbonyl (C=O) groups is 3. The Bertz CT molecular complexity index is 4590. The van der Waals surface area contributed by atoms with Crippen LogP contribution in [0.4, 0.5) is 32.2 Å². The average Bonchev–Trinajstić information content (AvgIpc) is 1.63. The van der Waals surface area contributed by atoms with Crippen LogP contribution >= 0.6 is 0 Å². The number of rotatable bonds is 17. The number of carbonyl (C=O) groups excluding carboxylic acids is 3. The number of aromatic nitrogens is 15. The van der Waals surface area contributed by atoms with Crippen LogP contribution in [0.3, 0.4) is 0 Å². The molecule has 9 heterocycles. The van der Waals surface area contributed by atoms with Gasteiger partial charge in [0, 0.05) is 113 Å². The van der Waals surface area contributed by atoms with Crippen molar-refractivity contribution in [2.24, 2.45) is 7.05 Å². The third kappa shape index (κ3) is 14.3. The minimum Gasteiger partial charge on any atom is -0.421 e. The molecule has 28 nitrogen and oxygen atoms in total. The molecule has 90 heavy (non-hydrogen) atoms. The fourth-order valence-electron chi connectivity index (χ4n) is 9.80. The van der Waals surface area contributed by atoms with E-state index in [2.05, 4.69) is 106 Å². The summed E-state index contributed by atoms with van der Waals surface area (Å²) in [4.78, 5) is 90.1. The number of imidazole rings is 3. The monoisotopic (exact) mass is 1220 g/mol. The first-order valence-electron chi connectivity index (χ1n) is 29.2. The lowest BCUT2D eigenvalue weighted by Gasteiger charge is -2.18. The maximum atomic E-state index is 12.8. The summed E-state index contributed by atoms with van der Waals surface area (Å²) in [6.45, 7) is 18.3. The summed E-state index contributed by atoms with van der Waals surface area (Å²) in [6, 6.07) is 25.2. The SMILES string of the molecule is CCNC(=O)Nc1nc2c(-c3nnc(C)o3)cc(-c3cccnc3)cc2[nH]1.CCNC(=O)Nc1nc2c(-n3cccn3)cc(-c3cc(C)n(C)c(=O)c3)cc2[nH]1.CCNC(=O)Nc1nc2c(-n3cccn3)cc(-c3ccn(CCN(CC)CC)c(=O)c3)cc2[nH]1. The minimum atomic E-state index is -0.338. The normalized spacial score (nSPS) is 11.1. The maximum Gasteiger partial charge on any atom is 0.321 e. The van der Waals surface area contributed by atoms with Crippen molar-refractivity contribution < 1.29 is 18.8 Å². The molecular formula is C62H68N22O6. The standard InChI is InChI=1S/C24H30N8O2.C20H21N7O2.C18H17N7O2/c1-4-25-24(34)29-23-27-19-14-18(15-20(22(19)28-23)32-10-7-9-26-32)17-8-11-31(21(33)16-17)13-12-30(5-2)6-3;1-4-21-20(29)25-19-23-15-9-14(13-8-12(2)26(3)17(28)11-13)10-16(18(15)24-19)27-7-5-6-22-27;1-3-20-18(26)23-17-21-14-8-12(11-5-4-6-19-9-11)7-13(15(14)22-17)16-25-24-10(2)27-16/h7-11,14-16H,4-6,12-13H2,1-3H3,(H3,25,27,28,29,34);5-11H,4H2,1-3H3,(H3,21,23,24,25,29);4-9H,3H2,1-2H3,(H3,20,21,22,23,26). The Hall–Kier alpha value is -11.6. The Labute approximate surface area is 514 Å². The van der Waals surface area contributed by atoms with Gasteiger partial charge in [0.1, 0.15) is 16.6 Å². The molecule has 0 atom stereocenters. The van der Waals surface area contributed by atoms with E-state index in [1.54, 1.807) is 69.4 Å². The van der Waals surface area contributed by atoms with Crippen molar-refractivity contribution in [2.45, 2.75) is 55.0 Å². The molecule has 0 aliphatic carbocycles. The van der Waals surface area contributed by atoms with Gasteiger partial charge in [0.2, 0.25) is 29.6 Å². The highest BCUT2D eigenvalue weighted by Gasteiger charge is 2.20. The lowest BCUT2D eigenvalue weighted by molar-refractivity contribution is 0.251. The summed E-state index contributed by atoms with van der Waals surface area (Å²) in [6.07, 6.45) is 12.4. The molecule has 3 aromatic carbocycles. The quantitative estimate of drug-likeness (QED) is 0.0411. The average molecular weight is 1220 g/mol. The van der Waals surface area contributed by atoms with Crippen molar-refractivity contribution in [2.75, 3.05) is 55.2 Å². The van der Waals surface area contributed by atoms with Gasteiger partial charge >= 0.3 is 18.1 Å². The Morgan fingerprint density at radius 1 is 0.556 bits per heavy atom. The van der Waals surface area contributed by atoms with Gasteiger partial charge in [-0.1, -0.05) is 19.9 Å². The largest absolute Gasteiger partial charge is 0.421 e. The molecule has 0 fully saturated rings. The summed E-state index contributed by atoms with van der Waals surface area (Å²) in [5.41, 5.74) is 12.1. The first-order valence-corrected chi connectivity index (χ1v) is 29.2. The summed E-state index contributed by atoms with van der Waals surface area (Å²) < 4.78 is 12.4. The van der Waals surface area contributed by atoms with Crippen molar-refractivity contribution in [3.05, 3.63) is 161 Å². The van der Waals surface area contributed by atoms with Crippen LogP contribution in [0.1, 0.15) is 46.2 Å². The molecule has 9 N–H and O–H groups in total. The van der Waals surface area contributed by atoms with E-state index in [1.807, 2.05) is 119 Å².